The van der Waals surface area contributed by atoms with Crippen LogP contribution >= 0.6 is 23.1 Å². The predicted molar refractivity (Wildman–Crippen MR) is 158 cm³/mol. The van der Waals surface area contributed by atoms with Gasteiger partial charge in [-0.05, 0) is 53.5 Å². The largest absolute Gasteiger partial charge is 0.503 e. The number of aromatic nitrogens is 2. The zero-order chi connectivity index (χ0) is 28.8. The lowest BCUT2D eigenvalue weighted by molar-refractivity contribution is -0.117. The Morgan fingerprint density at radius 2 is 1.88 bits per heavy atom. The van der Waals surface area contributed by atoms with Gasteiger partial charge in [0.2, 0.25) is 5.13 Å². The van der Waals surface area contributed by atoms with Crippen molar-refractivity contribution in [3.8, 4) is 5.75 Å². The fraction of sp³-hybridized carbons (Fsp3) is 0.161. The minimum Gasteiger partial charge on any atom is -0.503 e. The lowest BCUT2D eigenvalue weighted by atomic mass is 9.95. The number of carbonyl (C=O) groups is 2. The van der Waals surface area contributed by atoms with Crippen LogP contribution < -0.4 is 9.64 Å². The maximum Gasteiger partial charge on any atom is 0.296 e. The minimum absolute atomic E-state index is 0.0504. The summed E-state index contributed by atoms with van der Waals surface area (Å²) in [5, 5.41) is 19.7. The molecule has 1 atom stereocenters. The third kappa shape index (κ3) is 6.55. The molecule has 2 heterocycles. The summed E-state index contributed by atoms with van der Waals surface area (Å²) in [7, 11) is 0. The van der Waals surface area contributed by atoms with Gasteiger partial charge in [0.05, 0.1) is 18.2 Å². The van der Waals surface area contributed by atoms with E-state index in [-0.39, 0.29) is 16.5 Å². The van der Waals surface area contributed by atoms with Gasteiger partial charge in [0.25, 0.3) is 5.91 Å². The van der Waals surface area contributed by atoms with Gasteiger partial charge in [-0.25, -0.2) is 4.39 Å². The molecule has 0 saturated heterocycles. The molecule has 0 saturated carbocycles. The number of amides is 1. The van der Waals surface area contributed by atoms with Crippen LogP contribution in [0, 0.1) is 5.82 Å². The van der Waals surface area contributed by atoms with E-state index in [1.807, 2.05) is 37.3 Å². The molecule has 1 aromatic heterocycles. The van der Waals surface area contributed by atoms with Crippen molar-refractivity contribution in [1.29, 1.82) is 0 Å². The fourth-order valence-electron chi connectivity index (χ4n) is 4.27. The van der Waals surface area contributed by atoms with Crippen molar-refractivity contribution in [2.75, 3.05) is 11.5 Å². The molecule has 7 nitrogen and oxygen atoms in total. The molecule has 1 N–H and O–H groups in total. The van der Waals surface area contributed by atoms with Gasteiger partial charge in [0.1, 0.15) is 11.6 Å². The maximum absolute atomic E-state index is 13.5. The molecule has 0 aliphatic carbocycles. The van der Waals surface area contributed by atoms with Crippen molar-refractivity contribution in [2.45, 2.75) is 29.5 Å². The van der Waals surface area contributed by atoms with Crippen molar-refractivity contribution in [3.05, 3.63) is 119 Å². The lowest BCUT2D eigenvalue weighted by Crippen LogP contribution is -2.30. The highest BCUT2D eigenvalue weighted by Crippen LogP contribution is 2.44. The van der Waals surface area contributed by atoms with Gasteiger partial charge in [0, 0.05) is 5.75 Å². The highest BCUT2D eigenvalue weighted by atomic mass is 32.2. The van der Waals surface area contributed by atoms with Gasteiger partial charge in [-0.15, -0.1) is 10.2 Å². The molecule has 208 valence electrons. The molecule has 3 aromatic carbocycles. The van der Waals surface area contributed by atoms with Crippen molar-refractivity contribution in [3.63, 3.8) is 0 Å². The Hall–Kier alpha value is -4.28. The van der Waals surface area contributed by atoms with Crippen LogP contribution in [0.25, 0.3) is 6.08 Å². The summed E-state index contributed by atoms with van der Waals surface area (Å²) < 4.78 is 19.6. The van der Waals surface area contributed by atoms with Crippen LogP contribution in [-0.2, 0) is 15.3 Å². The molecule has 5 rings (SSSR count). The number of anilines is 1. The van der Waals surface area contributed by atoms with Gasteiger partial charge < -0.3 is 9.84 Å². The number of nitrogens with zero attached hydrogens (tertiary/aromatic N) is 3. The Morgan fingerprint density at radius 1 is 1.10 bits per heavy atom. The first kappa shape index (κ1) is 28.3. The Labute approximate surface area is 245 Å². The number of hydrogen-bond donors (Lipinski definition) is 1. The van der Waals surface area contributed by atoms with Gasteiger partial charge in [-0.3, -0.25) is 14.5 Å². The van der Waals surface area contributed by atoms with Gasteiger partial charge in [0.15, 0.2) is 15.9 Å². The van der Waals surface area contributed by atoms with Crippen LogP contribution in [0.1, 0.15) is 36.1 Å². The second kappa shape index (κ2) is 12.9. The monoisotopic (exact) mass is 587 g/mol. The van der Waals surface area contributed by atoms with E-state index >= 15 is 0 Å². The zero-order valence-corrected chi connectivity index (χ0v) is 23.7. The summed E-state index contributed by atoms with van der Waals surface area (Å²) in [5.41, 5.74) is 2.25. The maximum atomic E-state index is 13.5. The number of aliphatic hydroxyl groups excluding tert-OH is 1. The van der Waals surface area contributed by atoms with Gasteiger partial charge in [-0.1, -0.05) is 90.7 Å². The van der Waals surface area contributed by atoms with Crippen LogP contribution in [0.4, 0.5) is 9.52 Å². The van der Waals surface area contributed by atoms with E-state index < -0.39 is 23.5 Å². The Kier molecular flexibility index (Phi) is 8.91. The summed E-state index contributed by atoms with van der Waals surface area (Å²) in [6.45, 7) is 2.51. The van der Waals surface area contributed by atoms with E-state index in [9.17, 15) is 19.1 Å². The third-order valence-electron chi connectivity index (χ3n) is 6.22. The molecule has 0 radical (unpaired) electrons. The summed E-state index contributed by atoms with van der Waals surface area (Å²) in [5.74, 6) is -1.06. The number of aliphatic hydroxyl groups is 1. The average molecular weight is 588 g/mol. The number of thioether (sulfide) groups is 1. The number of halogens is 1. The lowest BCUT2D eigenvalue weighted by Gasteiger charge is -2.24. The van der Waals surface area contributed by atoms with Crippen molar-refractivity contribution in [1.82, 2.24) is 10.2 Å². The number of rotatable bonds is 11. The topological polar surface area (TPSA) is 92.6 Å². The number of ether oxygens (including phenoxy) is 1. The molecule has 1 aliphatic heterocycles. The van der Waals surface area contributed by atoms with Crippen LogP contribution in [0.15, 0.2) is 101 Å². The van der Waals surface area contributed by atoms with Crippen LogP contribution in [0.2, 0.25) is 0 Å². The third-order valence-corrected chi connectivity index (χ3v) is 8.35. The second-order valence-corrected chi connectivity index (χ2v) is 11.3. The van der Waals surface area contributed by atoms with Gasteiger partial charge in [-0.2, -0.15) is 0 Å². The van der Waals surface area contributed by atoms with E-state index in [1.54, 1.807) is 42.5 Å². The summed E-state index contributed by atoms with van der Waals surface area (Å²) in [6, 6.07) is 21.6. The van der Waals surface area contributed by atoms with E-state index in [1.165, 1.54) is 46.2 Å². The zero-order valence-electron chi connectivity index (χ0n) is 22.1. The fourth-order valence-corrected chi connectivity index (χ4v) is 6.10. The summed E-state index contributed by atoms with van der Waals surface area (Å²) >= 11 is 2.56. The van der Waals surface area contributed by atoms with E-state index in [4.69, 9.17) is 4.74 Å². The normalized spacial score (nSPS) is 15.2. The van der Waals surface area contributed by atoms with Gasteiger partial charge >= 0.3 is 0 Å². The van der Waals surface area contributed by atoms with Crippen molar-refractivity contribution >= 4 is 46.0 Å². The minimum atomic E-state index is -0.941. The van der Waals surface area contributed by atoms with Crippen molar-refractivity contribution in [2.24, 2.45) is 0 Å². The van der Waals surface area contributed by atoms with Crippen LogP contribution in [0.3, 0.4) is 0 Å². The standard InChI is InChI=1S/C31H26FN3O4S2/c1-2-17-39-24-10-6-9-22(18-24)27-26(25(36)16-13-20-7-4-3-5-8-20)28(37)29(38)35(27)30-33-34-31(41-30)40-19-21-11-14-23(32)15-12-21/h3-16,18,27,37H,2,17,19H2,1H3. The number of carbonyl (C=O) groups excluding carboxylic acids is 2. The molecule has 0 spiro atoms. The second-order valence-electron chi connectivity index (χ2n) is 9.13. The highest BCUT2D eigenvalue weighted by molar-refractivity contribution is 8.00. The number of hydrogen-bond acceptors (Lipinski definition) is 8. The summed E-state index contributed by atoms with van der Waals surface area (Å²) in [4.78, 5) is 28.3. The molecule has 0 fully saturated rings. The smallest absolute Gasteiger partial charge is 0.296 e. The van der Waals surface area contributed by atoms with Crippen LogP contribution in [0.5, 0.6) is 5.75 Å². The van der Waals surface area contributed by atoms with E-state index in [0.717, 1.165) is 17.5 Å². The quantitative estimate of drug-likeness (QED) is 0.115. The molecular formula is C31H26FN3O4S2. The highest BCUT2D eigenvalue weighted by Gasteiger charge is 2.45. The summed E-state index contributed by atoms with van der Waals surface area (Å²) in [6.07, 6.45) is 3.81. The van der Waals surface area contributed by atoms with E-state index in [0.29, 0.717) is 28.0 Å². The van der Waals surface area contributed by atoms with Crippen molar-refractivity contribution < 1.29 is 23.8 Å². The Morgan fingerprint density at radius 3 is 2.63 bits per heavy atom. The molecule has 41 heavy (non-hydrogen) atoms. The molecule has 4 aromatic rings. The van der Waals surface area contributed by atoms with Crippen LogP contribution in [-0.4, -0.2) is 33.6 Å². The Bertz CT molecular complexity index is 1600. The number of ketones is 1. The molecule has 1 aliphatic rings. The first-order chi connectivity index (χ1) is 19.9. The molecule has 0 bridgehead atoms. The molecule has 10 heteroatoms. The first-order valence-corrected chi connectivity index (χ1v) is 14.7. The average Bonchev–Trinajstić information content (AvgIpc) is 3.57. The molecule has 1 amide bonds. The Balaban J connectivity index is 1.47. The SMILES string of the molecule is CCCOc1cccc(C2C(C(=O)C=Cc3ccccc3)=C(O)C(=O)N2c2nnc(SCc3ccc(F)cc3)s2)c1. The molecule has 1 unspecified atom stereocenters. The number of benzene rings is 3. The number of allylic oxidation sites excluding steroid dienone is 1. The molecular weight excluding hydrogens is 561 g/mol. The predicted octanol–water partition coefficient (Wildman–Crippen LogP) is 6.94. The first-order valence-electron chi connectivity index (χ1n) is 12.9. The van der Waals surface area contributed by atoms with E-state index in [2.05, 4.69) is 10.2 Å².